The van der Waals surface area contributed by atoms with Gasteiger partial charge in [0.15, 0.2) is 0 Å². The zero-order valence-electron chi connectivity index (χ0n) is 10.7. The molecule has 2 rings (SSSR count). The van der Waals surface area contributed by atoms with Crippen molar-refractivity contribution in [2.45, 2.75) is 25.7 Å². The second kappa shape index (κ2) is 6.12. The number of likely N-dealkylation sites (tertiary alicyclic amines) is 1. The van der Waals surface area contributed by atoms with Crippen molar-refractivity contribution in [2.75, 3.05) is 26.2 Å². The van der Waals surface area contributed by atoms with Gasteiger partial charge in [-0.05, 0) is 43.5 Å². The molecule has 1 aromatic rings. The highest BCUT2D eigenvalue weighted by Gasteiger charge is 2.19. The summed E-state index contributed by atoms with van der Waals surface area (Å²) in [7, 11) is 0. The molecule has 94 valence electrons. The maximum absolute atomic E-state index is 5.89. The van der Waals surface area contributed by atoms with Gasteiger partial charge >= 0.3 is 0 Å². The number of hydrogen-bond donors (Lipinski definition) is 1. The Bertz CT molecular complexity index is 317. The van der Waals surface area contributed by atoms with Crippen molar-refractivity contribution in [3.8, 4) is 0 Å². The summed E-state index contributed by atoms with van der Waals surface area (Å²) in [5.74, 6) is 1.32. The van der Waals surface area contributed by atoms with E-state index >= 15 is 0 Å². The Morgan fingerprint density at radius 1 is 1.47 bits per heavy atom. The molecule has 1 fully saturated rings. The van der Waals surface area contributed by atoms with Gasteiger partial charge < -0.3 is 10.6 Å². The molecule has 2 heterocycles. The number of pyridine rings is 1. The molecule has 0 saturated carbocycles. The summed E-state index contributed by atoms with van der Waals surface area (Å²) in [6.45, 7) is 6.57. The van der Waals surface area contributed by atoms with Crippen molar-refractivity contribution < 1.29 is 0 Å². The molecule has 0 spiro atoms. The lowest BCUT2D eigenvalue weighted by Gasteiger charge is -2.32. The van der Waals surface area contributed by atoms with Crippen LogP contribution in [0.15, 0.2) is 24.5 Å². The molecule has 1 aromatic heterocycles. The number of aromatic nitrogens is 1. The quantitative estimate of drug-likeness (QED) is 0.863. The molecule has 0 aromatic carbocycles. The first kappa shape index (κ1) is 12.5. The van der Waals surface area contributed by atoms with E-state index in [0.717, 1.165) is 12.5 Å². The average Bonchev–Trinajstić information content (AvgIpc) is 2.39. The van der Waals surface area contributed by atoms with E-state index in [4.69, 9.17) is 5.73 Å². The Kier molecular flexibility index (Phi) is 4.51. The van der Waals surface area contributed by atoms with Gasteiger partial charge in [-0.3, -0.25) is 4.98 Å². The highest BCUT2D eigenvalue weighted by atomic mass is 15.1. The molecule has 1 aliphatic rings. The fraction of sp³-hybridized carbons (Fsp3) is 0.643. The lowest BCUT2D eigenvalue weighted by molar-refractivity contribution is 0.183. The zero-order chi connectivity index (χ0) is 12.1. The maximum atomic E-state index is 5.89. The highest BCUT2D eigenvalue weighted by Crippen LogP contribution is 2.20. The normalized spacial score (nSPS) is 20.4. The SMILES string of the molecule is CC1CCN(CC(CN)c2cccnc2)CC1. The van der Waals surface area contributed by atoms with Crippen LogP contribution in [0.4, 0.5) is 0 Å². The minimum absolute atomic E-state index is 0.428. The van der Waals surface area contributed by atoms with Crippen LogP contribution in [0.5, 0.6) is 0 Å². The van der Waals surface area contributed by atoms with Gasteiger partial charge in [-0.25, -0.2) is 0 Å². The Morgan fingerprint density at radius 3 is 2.82 bits per heavy atom. The molecule has 1 aliphatic heterocycles. The van der Waals surface area contributed by atoms with Gasteiger partial charge in [-0.15, -0.1) is 0 Å². The predicted molar refractivity (Wildman–Crippen MR) is 70.9 cm³/mol. The summed E-state index contributed by atoms with van der Waals surface area (Å²) in [6.07, 6.45) is 6.42. The molecular weight excluding hydrogens is 210 g/mol. The molecular formula is C14H23N3. The lowest BCUT2D eigenvalue weighted by Crippen LogP contribution is -2.37. The largest absolute Gasteiger partial charge is 0.330 e. The van der Waals surface area contributed by atoms with Crippen molar-refractivity contribution in [1.29, 1.82) is 0 Å². The standard InChI is InChI=1S/C14H23N3/c1-12-4-7-17(8-5-12)11-14(9-15)13-3-2-6-16-10-13/h2-3,6,10,12,14H,4-5,7-9,11,15H2,1H3. The third kappa shape index (κ3) is 3.51. The minimum atomic E-state index is 0.428. The molecule has 1 atom stereocenters. The predicted octanol–water partition coefficient (Wildman–Crippen LogP) is 1.86. The Labute approximate surface area is 104 Å². The molecule has 2 N–H and O–H groups in total. The third-order valence-electron chi connectivity index (χ3n) is 3.80. The van der Waals surface area contributed by atoms with Crippen molar-refractivity contribution >= 4 is 0 Å². The summed E-state index contributed by atoms with van der Waals surface area (Å²) < 4.78 is 0. The second-order valence-corrected chi connectivity index (χ2v) is 5.20. The molecule has 0 radical (unpaired) electrons. The lowest BCUT2D eigenvalue weighted by atomic mass is 9.96. The van der Waals surface area contributed by atoms with Crippen LogP contribution in [-0.4, -0.2) is 36.1 Å². The molecule has 0 amide bonds. The summed E-state index contributed by atoms with van der Waals surface area (Å²) in [5.41, 5.74) is 7.17. The zero-order valence-corrected chi connectivity index (χ0v) is 10.7. The van der Waals surface area contributed by atoms with E-state index in [1.54, 1.807) is 0 Å². The molecule has 3 nitrogen and oxygen atoms in total. The fourth-order valence-corrected chi connectivity index (χ4v) is 2.49. The van der Waals surface area contributed by atoms with E-state index in [2.05, 4.69) is 22.9 Å². The van der Waals surface area contributed by atoms with Crippen molar-refractivity contribution in [2.24, 2.45) is 11.7 Å². The van der Waals surface area contributed by atoms with Crippen LogP contribution < -0.4 is 5.73 Å². The van der Waals surface area contributed by atoms with Gasteiger partial charge in [-0.1, -0.05) is 13.0 Å². The average molecular weight is 233 g/mol. The van der Waals surface area contributed by atoms with Crippen LogP contribution in [0.2, 0.25) is 0 Å². The first-order chi connectivity index (χ1) is 8.29. The molecule has 0 bridgehead atoms. The molecule has 3 heteroatoms. The maximum Gasteiger partial charge on any atom is 0.0303 e. The van der Waals surface area contributed by atoms with E-state index < -0.39 is 0 Å². The first-order valence-electron chi connectivity index (χ1n) is 6.62. The number of nitrogens with two attached hydrogens (primary N) is 1. The van der Waals surface area contributed by atoms with Crippen molar-refractivity contribution in [1.82, 2.24) is 9.88 Å². The van der Waals surface area contributed by atoms with Gasteiger partial charge in [0.1, 0.15) is 0 Å². The Hall–Kier alpha value is -0.930. The Morgan fingerprint density at radius 2 is 2.24 bits per heavy atom. The number of rotatable bonds is 4. The molecule has 0 aliphatic carbocycles. The van der Waals surface area contributed by atoms with Crippen molar-refractivity contribution in [3.63, 3.8) is 0 Å². The van der Waals surface area contributed by atoms with Gasteiger partial charge in [0, 0.05) is 31.4 Å². The van der Waals surface area contributed by atoms with Crippen LogP contribution in [0, 0.1) is 5.92 Å². The highest BCUT2D eigenvalue weighted by molar-refractivity contribution is 5.15. The molecule has 17 heavy (non-hydrogen) atoms. The van der Waals surface area contributed by atoms with Crippen LogP contribution in [0.1, 0.15) is 31.2 Å². The summed E-state index contributed by atoms with van der Waals surface area (Å²) in [6, 6.07) is 4.13. The number of nitrogens with zero attached hydrogens (tertiary/aromatic N) is 2. The van der Waals surface area contributed by atoms with E-state index in [9.17, 15) is 0 Å². The first-order valence-corrected chi connectivity index (χ1v) is 6.62. The molecule has 1 unspecified atom stereocenters. The van der Waals surface area contributed by atoms with Crippen LogP contribution in [-0.2, 0) is 0 Å². The Balaban J connectivity index is 1.92. The third-order valence-corrected chi connectivity index (χ3v) is 3.80. The topological polar surface area (TPSA) is 42.1 Å². The summed E-state index contributed by atoms with van der Waals surface area (Å²) in [5, 5.41) is 0. The van der Waals surface area contributed by atoms with E-state index in [0.29, 0.717) is 12.5 Å². The van der Waals surface area contributed by atoms with E-state index in [1.165, 1.54) is 31.5 Å². The smallest absolute Gasteiger partial charge is 0.0303 e. The van der Waals surface area contributed by atoms with Crippen LogP contribution in [0.3, 0.4) is 0 Å². The van der Waals surface area contributed by atoms with Gasteiger partial charge in [0.05, 0.1) is 0 Å². The number of piperidine rings is 1. The van der Waals surface area contributed by atoms with Crippen molar-refractivity contribution in [3.05, 3.63) is 30.1 Å². The number of hydrogen-bond acceptors (Lipinski definition) is 3. The van der Waals surface area contributed by atoms with Crippen LogP contribution in [0.25, 0.3) is 0 Å². The van der Waals surface area contributed by atoms with E-state index in [-0.39, 0.29) is 0 Å². The summed E-state index contributed by atoms with van der Waals surface area (Å²) >= 11 is 0. The van der Waals surface area contributed by atoms with Crippen LogP contribution >= 0.6 is 0 Å². The molecule has 1 saturated heterocycles. The second-order valence-electron chi connectivity index (χ2n) is 5.20. The minimum Gasteiger partial charge on any atom is -0.330 e. The van der Waals surface area contributed by atoms with Gasteiger partial charge in [0.25, 0.3) is 0 Å². The van der Waals surface area contributed by atoms with Gasteiger partial charge in [-0.2, -0.15) is 0 Å². The monoisotopic (exact) mass is 233 g/mol. The fourth-order valence-electron chi connectivity index (χ4n) is 2.49. The van der Waals surface area contributed by atoms with Gasteiger partial charge in [0.2, 0.25) is 0 Å². The summed E-state index contributed by atoms with van der Waals surface area (Å²) in [4.78, 5) is 6.73. The van der Waals surface area contributed by atoms with E-state index in [1.807, 2.05) is 18.5 Å².